The van der Waals surface area contributed by atoms with Crippen molar-refractivity contribution < 1.29 is 14.3 Å². The molecule has 5 heteroatoms. The number of amides is 2. The second kappa shape index (κ2) is 7.64. The van der Waals surface area contributed by atoms with Crippen molar-refractivity contribution in [1.29, 1.82) is 0 Å². The number of hydrogen-bond acceptors (Lipinski definition) is 3. The third kappa shape index (κ3) is 4.59. The lowest BCUT2D eigenvalue weighted by Crippen LogP contribution is -2.30. The Morgan fingerprint density at radius 3 is 2.17 bits per heavy atom. The molecular weight excluding hydrogens is 304 g/mol. The lowest BCUT2D eigenvalue weighted by molar-refractivity contribution is -0.122. The number of aryl methyl sites for hydroxylation is 1. The Bertz CT molecular complexity index is 708. The van der Waals surface area contributed by atoms with Gasteiger partial charge in [0.15, 0.2) is 6.10 Å². The molecule has 2 amide bonds. The number of carbonyl (C=O) groups is 2. The fraction of sp³-hybridized carbons (Fsp3) is 0.263. The van der Waals surface area contributed by atoms with Crippen molar-refractivity contribution in [1.82, 2.24) is 0 Å². The molecule has 0 saturated heterocycles. The normalized spacial score (nSPS) is 11.5. The molecule has 5 nitrogen and oxygen atoms in total. The van der Waals surface area contributed by atoms with Crippen molar-refractivity contribution >= 4 is 23.2 Å². The highest BCUT2D eigenvalue weighted by Gasteiger charge is 2.15. The zero-order valence-electron chi connectivity index (χ0n) is 14.4. The van der Waals surface area contributed by atoms with E-state index < -0.39 is 6.10 Å². The summed E-state index contributed by atoms with van der Waals surface area (Å²) in [4.78, 5) is 25.1. The van der Waals surface area contributed by atoms with Crippen molar-refractivity contribution in [3.8, 4) is 5.75 Å². The number of nitrogens with zero attached hydrogens (tertiary/aromatic N) is 1. The molecule has 2 aromatic rings. The number of benzene rings is 2. The summed E-state index contributed by atoms with van der Waals surface area (Å²) >= 11 is 0. The van der Waals surface area contributed by atoms with Gasteiger partial charge in [-0.3, -0.25) is 9.59 Å². The Hall–Kier alpha value is -2.82. The molecule has 0 spiro atoms. The third-order valence-corrected chi connectivity index (χ3v) is 3.70. The molecule has 1 unspecified atom stereocenters. The van der Waals surface area contributed by atoms with E-state index in [0.717, 1.165) is 11.3 Å². The van der Waals surface area contributed by atoms with Gasteiger partial charge in [-0.2, -0.15) is 0 Å². The molecule has 2 rings (SSSR count). The molecule has 24 heavy (non-hydrogen) atoms. The van der Waals surface area contributed by atoms with E-state index in [9.17, 15) is 9.59 Å². The van der Waals surface area contributed by atoms with Gasteiger partial charge in [0.05, 0.1) is 0 Å². The molecule has 2 aromatic carbocycles. The van der Waals surface area contributed by atoms with Gasteiger partial charge in [0.2, 0.25) is 5.91 Å². The van der Waals surface area contributed by atoms with Gasteiger partial charge in [0.1, 0.15) is 5.75 Å². The van der Waals surface area contributed by atoms with E-state index in [1.807, 2.05) is 31.2 Å². The lowest BCUT2D eigenvalue weighted by Gasteiger charge is -2.17. The van der Waals surface area contributed by atoms with Crippen LogP contribution < -0.4 is 15.0 Å². The summed E-state index contributed by atoms with van der Waals surface area (Å²) in [7, 11) is 1.70. The fourth-order valence-electron chi connectivity index (χ4n) is 2.07. The van der Waals surface area contributed by atoms with E-state index in [0.29, 0.717) is 11.4 Å². The van der Waals surface area contributed by atoms with Gasteiger partial charge in [0, 0.05) is 25.3 Å². The predicted octanol–water partition coefficient (Wildman–Crippen LogP) is 3.38. The van der Waals surface area contributed by atoms with Gasteiger partial charge in [0.25, 0.3) is 5.91 Å². The maximum absolute atomic E-state index is 12.2. The second-order valence-electron chi connectivity index (χ2n) is 5.69. The minimum absolute atomic E-state index is 0.0492. The summed E-state index contributed by atoms with van der Waals surface area (Å²) in [6.07, 6.45) is -0.618. The first-order valence-corrected chi connectivity index (χ1v) is 7.75. The van der Waals surface area contributed by atoms with Gasteiger partial charge in [-0.1, -0.05) is 17.7 Å². The standard InChI is InChI=1S/C19H22N2O3/c1-13-5-11-18(12-6-13)24-14(2)19(23)20-16-7-9-17(10-8-16)21(4)15(3)22/h5-12,14H,1-4H3,(H,20,23). The largest absolute Gasteiger partial charge is 0.481 e. The first-order chi connectivity index (χ1) is 11.4. The summed E-state index contributed by atoms with van der Waals surface area (Å²) < 4.78 is 5.63. The number of anilines is 2. The molecule has 126 valence electrons. The molecule has 0 fully saturated rings. The average molecular weight is 326 g/mol. The third-order valence-electron chi connectivity index (χ3n) is 3.70. The van der Waals surface area contributed by atoms with E-state index in [1.165, 1.54) is 11.8 Å². The van der Waals surface area contributed by atoms with Crippen LogP contribution in [0.2, 0.25) is 0 Å². The van der Waals surface area contributed by atoms with Gasteiger partial charge >= 0.3 is 0 Å². The van der Waals surface area contributed by atoms with Crippen LogP contribution >= 0.6 is 0 Å². The number of nitrogens with one attached hydrogen (secondary N) is 1. The van der Waals surface area contributed by atoms with Crippen LogP contribution in [0.3, 0.4) is 0 Å². The molecule has 0 aliphatic carbocycles. The molecule has 0 heterocycles. The van der Waals surface area contributed by atoms with E-state index in [1.54, 1.807) is 38.2 Å². The molecule has 1 atom stereocenters. The minimum atomic E-state index is -0.618. The Balaban J connectivity index is 1.95. The highest BCUT2D eigenvalue weighted by Crippen LogP contribution is 2.18. The zero-order chi connectivity index (χ0) is 17.7. The number of rotatable bonds is 5. The van der Waals surface area contributed by atoms with Crippen LogP contribution in [0, 0.1) is 6.92 Å². The van der Waals surface area contributed by atoms with E-state index in [4.69, 9.17) is 4.74 Å². The first-order valence-electron chi connectivity index (χ1n) is 7.75. The molecule has 1 N–H and O–H groups in total. The van der Waals surface area contributed by atoms with E-state index in [-0.39, 0.29) is 11.8 Å². The lowest BCUT2D eigenvalue weighted by atomic mass is 10.2. The van der Waals surface area contributed by atoms with Crippen LogP contribution in [-0.2, 0) is 9.59 Å². The SMILES string of the molecule is CC(=O)N(C)c1ccc(NC(=O)C(C)Oc2ccc(C)cc2)cc1. The highest BCUT2D eigenvalue weighted by atomic mass is 16.5. The maximum Gasteiger partial charge on any atom is 0.265 e. The maximum atomic E-state index is 12.2. The summed E-state index contributed by atoms with van der Waals surface area (Å²) in [5.74, 6) is 0.372. The highest BCUT2D eigenvalue weighted by molar-refractivity contribution is 5.95. The van der Waals surface area contributed by atoms with Crippen LogP contribution in [0.4, 0.5) is 11.4 Å². The van der Waals surface area contributed by atoms with Crippen molar-refractivity contribution in [3.05, 3.63) is 54.1 Å². The molecule has 0 saturated carbocycles. The minimum Gasteiger partial charge on any atom is -0.481 e. The number of carbonyl (C=O) groups excluding carboxylic acids is 2. The van der Waals surface area contributed by atoms with Gasteiger partial charge < -0.3 is 15.0 Å². The number of ether oxygens (including phenoxy) is 1. The van der Waals surface area contributed by atoms with Crippen molar-refractivity contribution in [3.63, 3.8) is 0 Å². The van der Waals surface area contributed by atoms with Crippen LogP contribution in [0.25, 0.3) is 0 Å². The summed E-state index contributed by atoms with van der Waals surface area (Å²) in [6.45, 7) is 5.19. The molecular formula is C19H22N2O3. The summed E-state index contributed by atoms with van der Waals surface area (Å²) in [6, 6.07) is 14.6. The van der Waals surface area contributed by atoms with Crippen molar-refractivity contribution in [2.24, 2.45) is 0 Å². The molecule has 0 radical (unpaired) electrons. The van der Waals surface area contributed by atoms with Crippen LogP contribution in [0.1, 0.15) is 19.4 Å². The van der Waals surface area contributed by atoms with Gasteiger partial charge in [-0.25, -0.2) is 0 Å². The second-order valence-corrected chi connectivity index (χ2v) is 5.69. The van der Waals surface area contributed by atoms with E-state index in [2.05, 4.69) is 5.32 Å². The topological polar surface area (TPSA) is 58.6 Å². The van der Waals surface area contributed by atoms with Crippen LogP contribution in [0.5, 0.6) is 5.75 Å². The predicted molar refractivity (Wildman–Crippen MR) is 95.4 cm³/mol. The van der Waals surface area contributed by atoms with Crippen LogP contribution in [-0.4, -0.2) is 25.0 Å². The number of hydrogen-bond donors (Lipinski definition) is 1. The van der Waals surface area contributed by atoms with Gasteiger partial charge in [-0.05, 0) is 50.2 Å². The average Bonchev–Trinajstić information content (AvgIpc) is 2.56. The molecule has 0 aromatic heterocycles. The monoisotopic (exact) mass is 326 g/mol. The van der Waals surface area contributed by atoms with E-state index >= 15 is 0 Å². The Labute approximate surface area is 142 Å². The molecule has 0 bridgehead atoms. The van der Waals surface area contributed by atoms with Gasteiger partial charge in [-0.15, -0.1) is 0 Å². The van der Waals surface area contributed by atoms with Crippen molar-refractivity contribution in [2.75, 3.05) is 17.3 Å². The van der Waals surface area contributed by atoms with Crippen LogP contribution in [0.15, 0.2) is 48.5 Å². The first kappa shape index (κ1) is 17.5. The summed E-state index contributed by atoms with van der Waals surface area (Å²) in [5, 5.41) is 2.80. The Morgan fingerprint density at radius 1 is 1.04 bits per heavy atom. The Morgan fingerprint density at radius 2 is 1.62 bits per heavy atom. The summed E-state index contributed by atoms with van der Waals surface area (Å²) in [5.41, 5.74) is 2.56. The zero-order valence-corrected chi connectivity index (χ0v) is 14.4. The molecule has 0 aliphatic heterocycles. The Kier molecular flexibility index (Phi) is 5.58. The fourth-order valence-corrected chi connectivity index (χ4v) is 2.07. The molecule has 0 aliphatic rings. The quantitative estimate of drug-likeness (QED) is 0.916. The van der Waals surface area contributed by atoms with Crippen molar-refractivity contribution in [2.45, 2.75) is 26.9 Å². The smallest absolute Gasteiger partial charge is 0.265 e.